The third-order valence-electron chi connectivity index (χ3n) is 6.03. The second kappa shape index (κ2) is 13.8. The van der Waals surface area contributed by atoms with Gasteiger partial charge in [-0.25, -0.2) is 18.6 Å². The summed E-state index contributed by atoms with van der Waals surface area (Å²) in [6, 6.07) is 0.847. The fourth-order valence-electron chi connectivity index (χ4n) is 3.91. The topological polar surface area (TPSA) is 143 Å². The number of carbonyl (C=O) groups is 3. The van der Waals surface area contributed by atoms with Gasteiger partial charge >= 0.3 is 6.09 Å². The number of fused-ring (bicyclic) bond motifs is 1. The summed E-state index contributed by atoms with van der Waals surface area (Å²) in [5.41, 5.74) is -0.1000. The van der Waals surface area contributed by atoms with Crippen LogP contribution in [0.3, 0.4) is 0 Å². The fraction of sp³-hybridized carbons (Fsp3) is 0.429. The van der Waals surface area contributed by atoms with Gasteiger partial charge in [-0.3, -0.25) is 19.4 Å². The first-order valence-corrected chi connectivity index (χ1v) is 13.2. The van der Waals surface area contributed by atoms with Crippen LogP contribution in [0.5, 0.6) is 0 Å². The van der Waals surface area contributed by atoms with E-state index in [1.165, 1.54) is 31.1 Å². The molecule has 0 aliphatic carbocycles. The number of carbonyl (C=O) groups excluding carboxylic acids is 3. The molecule has 3 heterocycles. The zero-order valence-electron chi connectivity index (χ0n) is 24.4. The van der Waals surface area contributed by atoms with Crippen LogP contribution in [0.15, 0.2) is 35.4 Å². The predicted octanol–water partition coefficient (Wildman–Crippen LogP) is 3.07. The normalized spacial score (nSPS) is 12.1. The van der Waals surface area contributed by atoms with Gasteiger partial charge < -0.3 is 29.4 Å². The standard InChI is InChI=1S/C28H35F2N7O5/c1-16(2)11-19-25-24(18(30)13-31-19)33-22(34-25)15-37-14-17(29)12-20(27(37)40)32-26(39)21(42-28(41)36(5)6)9-7-8-10-23(38)35(3)4/h8,10,12-14,16,21H,7,9,11,15H2,1-6H3,(H,32,39)(H,33,34). The highest BCUT2D eigenvalue weighted by Crippen LogP contribution is 2.21. The van der Waals surface area contributed by atoms with Gasteiger partial charge in [0.15, 0.2) is 11.9 Å². The Bertz CT molecular complexity index is 1550. The Morgan fingerprint density at radius 1 is 1.17 bits per heavy atom. The molecule has 1 atom stereocenters. The first kappa shape index (κ1) is 31.9. The lowest BCUT2D eigenvalue weighted by atomic mass is 10.1. The number of aromatic amines is 1. The molecule has 0 radical (unpaired) electrons. The number of anilines is 1. The number of hydrogen-bond acceptors (Lipinski definition) is 7. The summed E-state index contributed by atoms with van der Waals surface area (Å²) in [5.74, 6) is -2.17. The molecule has 14 heteroatoms. The number of amides is 3. The summed E-state index contributed by atoms with van der Waals surface area (Å²) >= 11 is 0. The first-order chi connectivity index (χ1) is 19.8. The molecule has 2 N–H and O–H groups in total. The summed E-state index contributed by atoms with van der Waals surface area (Å²) in [4.78, 5) is 64.1. The molecule has 0 saturated carbocycles. The van der Waals surface area contributed by atoms with Crippen LogP contribution in [0.25, 0.3) is 11.0 Å². The Balaban J connectivity index is 1.85. The van der Waals surface area contributed by atoms with Crippen LogP contribution in [0.2, 0.25) is 0 Å². The maximum atomic E-state index is 14.6. The lowest BCUT2D eigenvalue weighted by Gasteiger charge is -2.19. The number of nitrogens with zero attached hydrogens (tertiary/aromatic N) is 5. The maximum Gasteiger partial charge on any atom is 0.410 e. The van der Waals surface area contributed by atoms with E-state index in [0.717, 1.165) is 27.9 Å². The first-order valence-electron chi connectivity index (χ1n) is 13.2. The molecule has 0 aliphatic rings. The lowest BCUT2D eigenvalue weighted by Crippen LogP contribution is -2.37. The van der Waals surface area contributed by atoms with E-state index in [0.29, 0.717) is 17.6 Å². The van der Waals surface area contributed by atoms with Crippen molar-refractivity contribution in [3.63, 3.8) is 0 Å². The van der Waals surface area contributed by atoms with Crippen LogP contribution >= 0.6 is 0 Å². The zero-order chi connectivity index (χ0) is 31.1. The summed E-state index contributed by atoms with van der Waals surface area (Å²) < 4.78 is 35.3. The minimum absolute atomic E-state index is 0.0105. The van der Waals surface area contributed by atoms with E-state index in [9.17, 15) is 28.0 Å². The average Bonchev–Trinajstić information content (AvgIpc) is 3.34. The van der Waals surface area contributed by atoms with Crippen LogP contribution in [-0.4, -0.2) is 81.5 Å². The number of pyridine rings is 2. The molecular weight excluding hydrogens is 552 g/mol. The number of aromatic nitrogens is 4. The van der Waals surface area contributed by atoms with Crippen LogP contribution in [0.1, 0.15) is 38.2 Å². The monoisotopic (exact) mass is 587 g/mol. The summed E-state index contributed by atoms with van der Waals surface area (Å²) in [6.45, 7) is 3.73. The van der Waals surface area contributed by atoms with Gasteiger partial charge in [0.1, 0.15) is 22.8 Å². The fourth-order valence-corrected chi connectivity index (χ4v) is 3.91. The molecule has 3 rings (SSSR count). The van der Waals surface area contributed by atoms with E-state index in [1.807, 2.05) is 13.8 Å². The van der Waals surface area contributed by atoms with Crippen molar-refractivity contribution in [3.05, 3.63) is 64.1 Å². The number of imidazole rings is 1. The minimum atomic E-state index is -1.35. The molecule has 12 nitrogen and oxygen atoms in total. The number of rotatable bonds is 11. The van der Waals surface area contributed by atoms with E-state index >= 15 is 0 Å². The van der Waals surface area contributed by atoms with Crippen molar-refractivity contribution in [1.82, 2.24) is 29.3 Å². The molecule has 3 amide bonds. The van der Waals surface area contributed by atoms with Crippen molar-refractivity contribution >= 4 is 34.6 Å². The van der Waals surface area contributed by atoms with Crippen LogP contribution < -0.4 is 10.9 Å². The van der Waals surface area contributed by atoms with Crippen LogP contribution in [0.4, 0.5) is 19.3 Å². The molecule has 3 aromatic heterocycles. The minimum Gasteiger partial charge on any atom is -0.436 e. The Labute approximate surface area is 241 Å². The molecule has 0 bridgehead atoms. The molecule has 0 spiro atoms. The molecule has 3 aromatic rings. The van der Waals surface area contributed by atoms with Crippen molar-refractivity contribution in [3.8, 4) is 0 Å². The Morgan fingerprint density at radius 2 is 1.88 bits per heavy atom. The third-order valence-corrected chi connectivity index (χ3v) is 6.03. The number of nitrogens with one attached hydrogen (secondary N) is 2. The lowest BCUT2D eigenvalue weighted by molar-refractivity contribution is -0.125. The molecular formula is C28H35F2N7O5. The van der Waals surface area contributed by atoms with Gasteiger partial charge in [-0.2, -0.15) is 0 Å². The Morgan fingerprint density at radius 3 is 2.52 bits per heavy atom. The quantitative estimate of drug-likeness (QED) is 0.328. The van der Waals surface area contributed by atoms with Gasteiger partial charge in [-0.1, -0.05) is 19.9 Å². The largest absolute Gasteiger partial charge is 0.436 e. The SMILES string of the molecule is CC(C)Cc1ncc(F)c2nc(Cn3cc(F)cc(NC(=O)C(CCC=CC(=O)N(C)C)OC(=O)N(C)C)c3=O)[nH]c12. The predicted molar refractivity (Wildman–Crippen MR) is 152 cm³/mol. The molecule has 0 aromatic carbocycles. The van der Waals surface area contributed by atoms with Crippen molar-refractivity contribution in [1.29, 1.82) is 0 Å². The third kappa shape index (κ3) is 8.21. The highest BCUT2D eigenvalue weighted by atomic mass is 19.1. The van der Waals surface area contributed by atoms with Gasteiger partial charge in [0.05, 0.1) is 24.0 Å². The van der Waals surface area contributed by atoms with Gasteiger partial charge in [-0.05, 0) is 31.3 Å². The van der Waals surface area contributed by atoms with Gasteiger partial charge in [-0.15, -0.1) is 0 Å². The Hall–Kier alpha value is -4.62. The Kier molecular flexibility index (Phi) is 10.5. The smallest absolute Gasteiger partial charge is 0.410 e. The van der Waals surface area contributed by atoms with E-state index in [-0.39, 0.29) is 42.6 Å². The molecule has 1 unspecified atom stereocenters. The average molecular weight is 588 g/mol. The zero-order valence-corrected chi connectivity index (χ0v) is 24.4. The summed E-state index contributed by atoms with van der Waals surface area (Å²) in [5, 5.41) is 2.35. The van der Waals surface area contributed by atoms with Crippen LogP contribution in [0, 0.1) is 17.6 Å². The number of halogens is 2. The molecule has 0 saturated heterocycles. The van der Waals surface area contributed by atoms with E-state index in [2.05, 4.69) is 20.3 Å². The van der Waals surface area contributed by atoms with E-state index in [1.54, 1.807) is 14.1 Å². The van der Waals surface area contributed by atoms with Crippen molar-refractivity contribution in [2.75, 3.05) is 33.5 Å². The second-order valence-electron chi connectivity index (χ2n) is 10.5. The number of ether oxygens (including phenoxy) is 1. The van der Waals surface area contributed by atoms with Gasteiger partial charge in [0, 0.05) is 40.5 Å². The molecule has 226 valence electrons. The van der Waals surface area contributed by atoms with Crippen molar-refractivity contribution in [2.45, 2.75) is 45.8 Å². The molecule has 0 aliphatic heterocycles. The highest BCUT2D eigenvalue weighted by molar-refractivity contribution is 5.95. The number of likely N-dealkylation sites (N-methyl/N-ethyl adjacent to an activating group) is 1. The van der Waals surface area contributed by atoms with Crippen molar-refractivity contribution in [2.24, 2.45) is 5.92 Å². The maximum absolute atomic E-state index is 14.6. The van der Waals surface area contributed by atoms with Gasteiger partial charge in [0.25, 0.3) is 11.5 Å². The molecule has 42 heavy (non-hydrogen) atoms. The van der Waals surface area contributed by atoms with Gasteiger partial charge in [0.2, 0.25) is 5.91 Å². The highest BCUT2D eigenvalue weighted by Gasteiger charge is 2.25. The second-order valence-corrected chi connectivity index (χ2v) is 10.5. The van der Waals surface area contributed by atoms with Crippen LogP contribution in [-0.2, 0) is 27.3 Å². The summed E-state index contributed by atoms with van der Waals surface area (Å²) in [6.07, 6.45) is 3.47. The van der Waals surface area contributed by atoms with E-state index < -0.39 is 41.0 Å². The number of hydrogen-bond donors (Lipinski definition) is 2. The van der Waals surface area contributed by atoms with E-state index in [4.69, 9.17) is 4.74 Å². The number of H-pyrrole nitrogens is 1. The van der Waals surface area contributed by atoms with Crippen molar-refractivity contribution < 1.29 is 27.9 Å². The number of allylic oxidation sites excluding steroid dienone is 1. The summed E-state index contributed by atoms with van der Waals surface area (Å²) in [7, 11) is 6.04. The molecule has 0 fully saturated rings.